The standard InChI is InChI=1S/C14H9BrN2O3/c15-11-5-4-9(7-12(11)19)14-16-13(17-20-14)8-2-1-3-10(18)6-8/h1-7,18-19H. The van der Waals surface area contributed by atoms with Crippen LogP contribution in [0.1, 0.15) is 0 Å². The van der Waals surface area contributed by atoms with Gasteiger partial charge in [0.15, 0.2) is 0 Å². The van der Waals surface area contributed by atoms with Crippen molar-refractivity contribution in [3.63, 3.8) is 0 Å². The van der Waals surface area contributed by atoms with E-state index in [0.717, 1.165) is 0 Å². The zero-order valence-corrected chi connectivity index (χ0v) is 11.7. The van der Waals surface area contributed by atoms with E-state index in [1.807, 2.05) is 0 Å². The van der Waals surface area contributed by atoms with Crippen molar-refractivity contribution in [2.75, 3.05) is 0 Å². The van der Waals surface area contributed by atoms with Gasteiger partial charge >= 0.3 is 0 Å². The average molecular weight is 333 g/mol. The molecule has 3 aromatic rings. The van der Waals surface area contributed by atoms with Crippen LogP contribution in [-0.4, -0.2) is 20.4 Å². The maximum absolute atomic E-state index is 9.65. The quantitative estimate of drug-likeness (QED) is 0.749. The Morgan fingerprint density at radius 2 is 1.85 bits per heavy atom. The van der Waals surface area contributed by atoms with Gasteiger partial charge < -0.3 is 14.7 Å². The number of hydrogen-bond acceptors (Lipinski definition) is 5. The van der Waals surface area contributed by atoms with E-state index in [-0.39, 0.29) is 11.5 Å². The van der Waals surface area contributed by atoms with E-state index in [9.17, 15) is 10.2 Å². The summed E-state index contributed by atoms with van der Waals surface area (Å²) in [6.07, 6.45) is 0. The third-order valence-electron chi connectivity index (χ3n) is 2.72. The highest BCUT2D eigenvalue weighted by Gasteiger charge is 2.12. The Balaban J connectivity index is 1.99. The van der Waals surface area contributed by atoms with E-state index >= 15 is 0 Å². The van der Waals surface area contributed by atoms with E-state index in [0.29, 0.717) is 27.3 Å². The molecule has 100 valence electrons. The van der Waals surface area contributed by atoms with Crippen LogP contribution in [0.4, 0.5) is 0 Å². The van der Waals surface area contributed by atoms with Crippen molar-refractivity contribution in [3.8, 4) is 34.3 Å². The third-order valence-corrected chi connectivity index (χ3v) is 3.39. The lowest BCUT2D eigenvalue weighted by Crippen LogP contribution is -1.81. The first-order chi connectivity index (χ1) is 9.63. The van der Waals surface area contributed by atoms with Crippen LogP contribution in [-0.2, 0) is 0 Å². The summed E-state index contributed by atoms with van der Waals surface area (Å²) in [5.74, 6) is 0.902. The van der Waals surface area contributed by atoms with Crippen molar-refractivity contribution in [3.05, 3.63) is 46.9 Å². The average Bonchev–Trinajstić information content (AvgIpc) is 2.92. The highest BCUT2D eigenvalue weighted by Crippen LogP contribution is 2.30. The molecular weight excluding hydrogens is 324 g/mol. The number of aromatic nitrogens is 2. The maximum Gasteiger partial charge on any atom is 0.258 e. The maximum atomic E-state index is 9.65. The molecule has 20 heavy (non-hydrogen) atoms. The number of rotatable bonds is 2. The molecule has 0 aliphatic rings. The number of phenolic OH excluding ortho intramolecular Hbond substituents is 2. The lowest BCUT2D eigenvalue weighted by Gasteiger charge is -1.98. The summed E-state index contributed by atoms with van der Waals surface area (Å²) in [6.45, 7) is 0. The molecule has 6 heteroatoms. The first-order valence-corrected chi connectivity index (χ1v) is 6.55. The zero-order chi connectivity index (χ0) is 14.1. The largest absolute Gasteiger partial charge is 0.508 e. The summed E-state index contributed by atoms with van der Waals surface area (Å²) >= 11 is 3.21. The van der Waals surface area contributed by atoms with E-state index in [4.69, 9.17) is 4.52 Å². The Bertz CT molecular complexity index is 771. The third kappa shape index (κ3) is 2.37. The molecule has 5 nitrogen and oxygen atoms in total. The second kappa shape index (κ2) is 4.97. The summed E-state index contributed by atoms with van der Waals surface area (Å²) in [5.41, 5.74) is 1.27. The molecule has 0 bridgehead atoms. The highest BCUT2D eigenvalue weighted by atomic mass is 79.9. The van der Waals surface area contributed by atoms with E-state index in [2.05, 4.69) is 26.1 Å². The van der Waals surface area contributed by atoms with Crippen molar-refractivity contribution >= 4 is 15.9 Å². The first kappa shape index (κ1) is 12.7. The summed E-state index contributed by atoms with van der Waals surface area (Å²) < 4.78 is 5.76. The number of hydrogen-bond donors (Lipinski definition) is 2. The molecule has 2 aromatic carbocycles. The van der Waals surface area contributed by atoms with Crippen molar-refractivity contribution in [1.82, 2.24) is 10.1 Å². The molecule has 0 atom stereocenters. The molecule has 1 aromatic heterocycles. The molecule has 0 aliphatic heterocycles. The SMILES string of the molecule is Oc1cccc(-c2noc(-c3ccc(Br)c(O)c3)n2)c1. The number of aromatic hydroxyl groups is 2. The predicted molar refractivity (Wildman–Crippen MR) is 76.2 cm³/mol. The van der Waals surface area contributed by atoms with Crippen LogP contribution in [0.5, 0.6) is 11.5 Å². The van der Waals surface area contributed by atoms with Gasteiger partial charge in [-0.05, 0) is 46.3 Å². The van der Waals surface area contributed by atoms with Gasteiger partial charge in [0.05, 0.1) is 4.47 Å². The fraction of sp³-hybridized carbons (Fsp3) is 0. The molecule has 0 aliphatic carbocycles. The topological polar surface area (TPSA) is 79.4 Å². The van der Waals surface area contributed by atoms with Crippen molar-refractivity contribution in [2.24, 2.45) is 0 Å². The van der Waals surface area contributed by atoms with Gasteiger partial charge in [-0.1, -0.05) is 17.3 Å². The molecule has 1 heterocycles. The smallest absolute Gasteiger partial charge is 0.258 e. The van der Waals surface area contributed by atoms with Gasteiger partial charge in [-0.3, -0.25) is 0 Å². The fourth-order valence-corrected chi connectivity index (χ4v) is 2.00. The minimum Gasteiger partial charge on any atom is -0.508 e. The Kier molecular flexibility index (Phi) is 3.15. The van der Waals surface area contributed by atoms with E-state index < -0.39 is 0 Å². The van der Waals surface area contributed by atoms with Gasteiger partial charge in [0.1, 0.15) is 11.5 Å². The Morgan fingerprint density at radius 3 is 2.60 bits per heavy atom. The van der Waals surface area contributed by atoms with Gasteiger partial charge in [-0.2, -0.15) is 4.98 Å². The number of phenols is 2. The molecule has 2 N–H and O–H groups in total. The van der Waals surface area contributed by atoms with Crippen molar-refractivity contribution in [2.45, 2.75) is 0 Å². The van der Waals surface area contributed by atoms with Crippen LogP contribution in [0.25, 0.3) is 22.8 Å². The Morgan fingerprint density at radius 1 is 1.00 bits per heavy atom. The van der Waals surface area contributed by atoms with E-state index in [1.54, 1.807) is 36.4 Å². The molecule has 0 spiro atoms. The van der Waals surface area contributed by atoms with Crippen LogP contribution < -0.4 is 0 Å². The van der Waals surface area contributed by atoms with Crippen LogP contribution in [0.3, 0.4) is 0 Å². The lowest BCUT2D eigenvalue weighted by atomic mass is 10.2. The van der Waals surface area contributed by atoms with Crippen LogP contribution in [0.15, 0.2) is 51.5 Å². The summed E-state index contributed by atoms with van der Waals surface area (Å²) in [4.78, 5) is 4.25. The lowest BCUT2D eigenvalue weighted by molar-refractivity contribution is 0.431. The van der Waals surface area contributed by atoms with Crippen LogP contribution in [0, 0.1) is 0 Å². The van der Waals surface area contributed by atoms with E-state index in [1.165, 1.54) is 6.07 Å². The predicted octanol–water partition coefficient (Wildman–Crippen LogP) is 3.58. The van der Waals surface area contributed by atoms with Crippen LogP contribution >= 0.6 is 15.9 Å². The Hall–Kier alpha value is -2.34. The summed E-state index contributed by atoms with van der Waals surface area (Å²) in [5, 5.41) is 23.0. The number of benzene rings is 2. The normalized spacial score (nSPS) is 10.7. The molecular formula is C14H9BrN2O3. The van der Waals surface area contributed by atoms with Gasteiger partial charge in [-0.25, -0.2) is 0 Å². The van der Waals surface area contributed by atoms with Gasteiger partial charge in [0, 0.05) is 11.1 Å². The highest BCUT2D eigenvalue weighted by molar-refractivity contribution is 9.10. The molecule has 0 amide bonds. The van der Waals surface area contributed by atoms with Crippen molar-refractivity contribution in [1.29, 1.82) is 0 Å². The fourth-order valence-electron chi connectivity index (χ4n) is 1.75. The van der Waals surface area contributed by atoms with Gasteiger partial charge in [-0.15, -0.1) is 0 Å². The second-order valence-electron chi connectivity index (χ2n) is 4.14. The minimum atomic E-state index is 0.0969. The number of halogens is 1. The molecule has 0 saturated heterocycles. The number of nitrogens with zero attached hydrogens (tertiary/aromatic N) is 2. The molecule has 0 unspecified atom stereocenters. The monoisotopic (exact) mass is 332 g/mol. The summed E-state index contributed by atoms with van der Waals surface area (Å²) in [6, 6.07) is 11.6. The zero-order valence-electron chi connectivity index (χ0n) is 10.1. The van der Waals surface area contributed by atoms with Crippen LogP contribution in [0.2, 0.25) is 0 Å². The summed E-state index contributed by atoms with van der Waals surface area (Å²) in [7, 11) is 0. The van der Waals surface area contributed by atoms with Gasteiger partial charge in [0.2, 0.25) is 5.82 Å². The Labute approximate surface area is 122 Å². The second-order valence-corrected chi connectivity index (χ2v) is 4.99. The van der Waals surface area contributed by atoms with Gasteiger partial charge in [0.25, 0.3) is 5.89 Å². The molecule has 0 fully saturated rings. The minimum absolute atomic E-state index is 0.0969. The molecule has 3 rings (SSSR count). The molecule has 0 saturated carbocycles. The molecule has 0 radical (unpaired) electrons. The first-order valence-electron chi connectivity index (χ1n) is 5.75. The van der Waals surface area contributed by atoms with Crippen molar-refractivity contribution < 1.29 is 14.7 Å².